The van der Waals surface area contributed by atoms with E-state index in [0.29, 0.717) is 5.78 Å². The molecule has 4 heterocycles. The van der Waals surface area contributed by atoms with Crippen LogP contribution in [0.4, 0.5) is 0 Å². The molecule has 0 amide bonds. The van der Waals surface area contributed by atoms with Crippen LogP contribution >= 0.6 is 27.3 Å². The predicted octanol–water partition coefficient (Wildman–Crippen LogP) is 3.47. The van der Waals surface area contributed by atoms with Crippen LogP contribution in [-0.4, -0.2) is 26.2 Å². The van der Waals surface area contributed by atoms with Crippen molar-refractivity contribution in [1.82, 2.24) is 19.6 Å². The van der Waals surface area contributed by atoms with E-state index in [-0.39, 0.29) is 6.10 Å². The zero-order valence-corrected chi connectivity index (χ0v) is 12.9. The minimum atomic E-state index is 0.0135. The van der Waals surface area contributed by atoms with Gasteiger partial charge >= 0.3 is 0 Å². The number of thiophene rings is 1. The van der Waals surface area contributed by atoms with Gasteiger partial charge in [-0.2, -0.15) is 9.50 Å². The number of hydrogen-bond donors (Lipinski definition) is 0. The highest BCUT2D eigenvalue weighted by molar-refractivity contribution is 9.11. The van der Waals surface area contributed by atoms with Gasteiger partial charge in [-0.15, -0.1) is 16.4 Å². The van der Waals surface area contributed by atoms with Gasteiger partial charge in [0.25, 0.3) is 5.78 Å². The molecule has 0 aliphatic carbocycles. The topological polar surface area (TPSA) is 52.3 Å². The number of rotatable bonds is 2. The molecule has 7 heteroatoms. The van der Waals surface area contributed by atoms with Gasteiger partial charge < -0.3 is 4.74 Å². The molecule has 5 nitrogen and oxygen atoms in total. The summed E-state index contributed by atoms with van der Waals surface area (Å²) in [6.07, 6.45) is 3.83. The van der Waals surface area contributed by atoms with Crippen LogP contribution in [0.25, 0.3) is 16.3 Å². The Morgan fingerprint density at radius 2 is 2.30 bits per heavy atom. The van der Waals surface area contributed by atoms with E-state index >= 15 is 0 Å². The van der Waals surface area contributed by atoms with Crippen LogP contribution in [-0.2, 0) is 4.74 Å². The Morgan fingerprint density at radius 3 is 3.05 bits per heavy atom. The Kier molecular flexibility index (Phi) is 3.05. The van der Waals surface area contributed by atoms with Crippen molar-refractivity contribution in [2.24, 2.45) is 0 Å². The summed E-state index contributed by atoms with van der Waals surface area (Å²) in [7, 11) is 0. The molecule has 1 aliphatic rings. The minimum absolute atomic E-state index is 0.0135. The molecule has 0 N–H and O–H groups in total. The third-order valence-electron chi connectivity index (χ3n) is 3.30. The maximum atomic E-state index is 5.65. The van der Waals surface area contributed by atoms with Crippen molar-refractivity contribution in [3.05, 3.63) is 34.0 Å². The van der Waals surface area contributed by atoms with Crippen LogP contribution in [0.5, 0.6) is 0 Å². The second-order valence-electron chi connectivity index (χ2n) is 4.62. The van der Waals surface area contributed by atoms with E-state index in [9.17, 15) is 0 Å². The molecule has 4 rings (SSSR count). The first-order valence-corrected chi connectivity index (χ1v) is 8.01. The molecule has 1 saturated heterocycles. The summed E-state index contributed by atoms with van der Waals surface area (Å²) in [5.41, 5.74) is 1.00. The van der Waals surface area contributed by atoms with Gasteiger partial charge in [-0.25, -0.2) is 4.98 Å². The molecule has 0 saturated carbocycles. The van der Waals surface area contributed by atoms with Crippen LogP contribution in [0.1, 0.15) is 24.8 Å². The van der Waals surface area contributed by atoms with Gasteiger partial charge in [0, 0.05) is 12.8 Å². The first-order chi connectivity index (χ1) is 9.81. The van der Waals surface area contributed by atoms with Gasteiger partial charge in [0.05, 0.1) is 14.4 Å². The van der Waals surface area contributed by atoms with E-state index < -0.39 is 0 Å². The smallest absolute Gasteiger partial charge is 0.253 e. The van der Waals surface area contributed by atoms with E-state index in [1.54, 1.807) is 22.0 Å². The number of aromatic nitrogens is 4. The molecule has 1 fully saturated rings. The van der Waals surface area contributed by atoms with Crippen molar-refractivity contribution in [2.45, 2.75) is 18.9 Å². The summed E-state index contributed by atoms with van der Waals surface area (Å²) >= 11 is 5.16. The number of ether oxygens (including phenoxy) is 1. The monoisotopic (exact) mass is 350 g/mol. The Bertz CT molecular complexity index is 763. The fourth-order valence-corrected chi connectivity index (χ4v) is 3.76. The fraction of sp³-hybridized carbons (Fsp3) is 0.308. The third-order valence-corrected chi connectivity index (χ3v) is 4.95. The van der Waals surface area contributed by atoms with Gasteiger partial charge in [-0.05, 0) is 47.0 Å². The highest BCUT2D eigenvalue weighted by Crippen LogP contribution is 2.32. The molecule has 0 radical (unpaired) electrons. The lowest BCUT2D eigenvalue weighted by Crippen LogP contribution is -1.99. The first-order valence-electron chi connectivity index (χ1n) is 6.40. The lowest BCUT2D eigenvalue weighted by Gasteiger charge is -2.02. The standard InChI is InChI=1S/C13H11BrN4OS/c14-11-4-3-10(20-11)8-5-6-15-13-16-12(17-18(8)13)9-2-1-7-19-9/h3-6,9H,1-2,7H2/t9-/m0/s1. The maximum absolute atomic E-state index is 5.65. The average molecular weight is 351 g/mol. The molecular weight excluding hydrogens is 340 g/mol. The van der Waals surface area contributed by atoms with Crippen LogP contribution in [0.3, 0.4) is 0 Å². The van der Waals surface area contributed by atoms with Gasteiger partial charge in [0.1, 0.15) is 6.10 Å². The Balaban J connectivity index is 1.85. The summed E-state index contributed by atoms with van der Waals surface area (Å²) in [6, 6.07) is 6.06. The van der Waals surface area contributed by atoms with Crippen LogP contribution in [0.15, 0.2) is 28.2 Å². The number of nitrogens with zero attached hydrogens (tertiary/aromatic N) is 4. The first kappa shape index (κ1) is 12.4. The van der Waals surface area contributed by atoms with Crippen molar-refractivity contribution < 1.29 is 4.74 Å². The zero-order valence-electron chi connectivity index (χ0n) is 10.5. The average Bonchev–Trinajstić information content (AvgIpc) is 3.17. The van der Waals surface area contributed by atoms with E-state index in [4.69, 9.17) is 4.74 Å². The molecule has 0 unspecified atom stereocenters. The third kappa shape index (κ3) is 2.06. The summed E-state index contributed by atoms with van der Waals surface area (Å²) < 4.78 is 8.54. The van der Waals surface area contributed by atoms with Crippen molar-refractivity contribution in [2.75, 3.05) is 6.61 Å². The van der Waals surface area contributed by atoms with E-state index in [1.807, 2.05) is 12.1 Å². The number of fused-ring (bicyclic) bond motifs is 1. The Hall–Kier alpha value is -1.31. The summed E-state index contributed by atoms with van der Waals surface area (Å²) in [5, 5.41) is 4.59. The maximum Gasteiger partial charge on any atom is 0.253 e. The van der Waals surface area contributed by atoms with Gasteiger partial charge in [0.2, 0.25) is 0 Å². The molecule has 0 spiro atoms. The predicted molar refractivity (Wildman–Crippen MR) is 79.7 cm³/mol. The van der Waals surface area contributed by atoms with Gasteiger partial charge in [-0.1, -0.05) is 0 Å². The zero-order chi connectivity index (χ0) is 13.5. The van der Waals surface area contributed by atoms with E-state index in [0.717, 1.165) is 39.6 Å². The summed E-state index contributed by atoms with van der Waals surface area (Å²) in [4.78, 5) is 9.92. The summed E-state index contributed by atoms with van der Waals surface area (Å²) in [5.74, 6) is 1.36. The fourth-order valence-electron chi connectivity index (χ4n) is 2.37. The highest BCUT2D eigenvalue weighted by Gasteiger charge is 2.23. The highest BCUT2D eigenvalue weighted by atomic mass is 79.9. The van der Waals surface area contributed by atoms with Crippen molar-refractivity contribution in [3.8, 4) is 10.6 Å². The largest absolute Gasteiger partial charge is 0.370 e. The normalized spacial score (nSPS) is 18.9. The molecule has 1 aliphatic heterocycles. The SMILES string of the molecule is Brc1ccc(-c2ccnc3nc([C@@H]4CCCO4)nn23)s1. The molecule has 3 aromatic heterocycles. The minimum Gasteiger partial charge on any atom is -0.370 e. The second-order valence-corrected chi connectivity index (χ2v) is 7.08. The Morgan fingerprint density at radius 1 is 1.35 bits per heavy atom. The molecule has 102 valence electrons. The van der Waals surface area contributed by atoms with Crippen LogP contribution < -0.4 is 0 Å². The van der Waals surface area contributed by atoms with E-state index in [1.165, 1.54) is 0 Å². The molecule has 0 aromatic carbocycles. The van der Waals surface area contributed by atoms with Crippen molar-refractivity contribution >= 4 is 33.0 Å². The molecule has 0 bridgehead atoms. The lowest BCUT2D eigenvalue weighted by molar-refractivity contribution is 0.105. The second kappa shape index (κ2) is 4.91. The van der Waals surface area contributed by atoms with Gasteiger partial charge in [-0.3, -0.25) is 0 Å². The van der Waals surface area contributed by atoms with Crippen molar-refractivity contribution in [1.29, 1.82) is 0 Å². The van der Waals surface area contributed by atoms with Crippen molar-refractivity contribution in [3.63, 3.8) is 0 Å². The van der Waals surface area contributed by atoms with Gasteiger partial charge in [0.15, 0.2) is 5.82 Å². The molecule has 20 heavy (non-hydrogen) atoms. The Labute approximate surface area is 127 Å². The summed E-state index contributed by atoms with van der Waals surface area (Å²) in [6.45, 7) is 0.790. The number of hydrogen-bond acceptors (Lipinski definition) is 5. The molecular formula is C13H11BrN4OS. The molecule has 3 aromatic rings. The molecule has 1 atom stereocenters. The van der Waals surface area contributed by atoms with Crippen LogP contribution in [0, 0.1) is 0 Å². The quantitative estimate of drug-likeness (QED) is 0.710. The number of halogens is 1. The van der Waals surface area contributed by atoms with Crippen LogP contribution in [0.2, 0.25) is 0 Å². The van der Waals surface area contributed by atoms with E-state index in [2.05, 4.69) is 37.1 Å². The lowest BCUT2D eigenvalue weighted by atomic mass is 10.2.